The molecule has 1 unspecified atom stereocenters. The van der Waals surface area contributed by atoms with E-state index in [9.17, 15) is 14.4 Å². The number of carbonyl (C=O) groups excluding carboxylic acids is 3. The largest absolute Gasteiger partial charge is 0.502 e. The third-order valence-electron chi connectivity index (χ3n) is 5.19. The molecule has 2 aliphatic heterocycles. The van der Waals surface area contributed by atoms with E-state index in [1.54, 1.807) is 31.4 Å². The van der Waals surface area contributed by atoms with Gasteiger partial charge in [0.15, 0.2) is 0 Å². The zero-order valence-corrected chi connectivity index (χ0v) is 18.2. The maximum absolute atomic E-state index is 12.6. The van der Waals surface area contributed by atoms with Crippen molar-refractivity contribution in [1.82, 2.24) is 4.90 Å². The van der Waals surface area contributed by atoms with Gasteiger partial charge in [-0.25, -0.2) is 4.79 Å². The number of halogens is 1. The number of rotatable bonds is 6. The topological polar surface area (TPSA) is 104 Å². The summed E-state index contributed by atoms with van der Waals surface area (Å²) in [6.07, 6.45) is -0.720. The fourth-order valence-electron chi connectivity index (χ4n) is 3.61. The molecule has 0 radical (unpaired) electrons. The number of hydrogen-bond donors (Lipinski definition) is 1. The Bertz CT molecular complexity index is 1100. The second-order valence-electron chi connectivity index (χ2n) is 7.11. The Morgan fingerprint density at radius 1 is 1.12 bits per heavy atom. The number of amides is 3. The Hall–Kier alpha value is -3.66. The third kappa shape index (κ3) is 4.09. The van der Waals surface area contributed by atoms with E-state index in [1.165, 1.54) is 18.1 Å². The molecule has 11 heteroatoms. The van der Waals surface area contributed by atoms with E-state index < -0.39 is 30.6 Å². The number of nitrogens with zero attached hydrogens (tertiary/aromatic N) is 4. The smallest absolute Gasteiger partial charge is 0.497 e. The first-order chi connectivity index (χ1) is 15.4. The zero-order valence-electron chi connectivity index (χ0n) is 17.4. The lowest BCUT2D eigenvalue weighted by molar-refractivity contribution is -0.509. The van der Waals surface area contributed by atoms with Gasteiger partial charge < -0.3 is 19.7 Å². The highest BCUT2D eigenvalue weighted by molar-refractivity contribution is 6.32. The molecular weight excluding hydrogens is 438 g/mol. The lowest BCUT2D eigenvalue weighted by atomic mass is 10.3. The first kappa shape index (κ1) is 21.6. The van der Waals surface area contributed by atoms with E-state index in [2.05, 4.69) is 10.4 Å². The van der Waals surface area contributed by atoms with E-state index in [0.29, 0.717) is 35.3 Å². The van der Waals surface area contributed by atoms with Gasteiger partial charge in [0.25, 0.3) is 18.7 Å². The molecule has 0 bridgehead atoms. The predicted octanol–water partition coefficient (Wildman–Crippen LogP) is 1.93. The van der Waals surface area contributed by atoms with E-state index >= 15 is 0 Å². The highest BCUT2D eigenvalue weighted by Gasteiger charge is 2.49. The van der Waals surface area contributed by atoms with Crippen LogP contribution in [0.4, 0.5) is 11.4 Å². The van der Waals surface area contributed by atoms with Crippen LogP contribution in [-0.4, -0.2) is 67.5 Å². The molecule has 3 amide bonds. The maximum atomic E-state index is 12.6. The second-order valence-corrected chi connectivity index (χ2v) is 7.54. The molecule has 4 rings (SSSR count). The minimum absolute atomic E-state index is 0.350. The van der Waals surface area contributed by atoms with Gasteiger partial charge in [0.1, 0.15) is 11.5 Å². The molecule has 0 aliphatic carbocycles. The van der Waals surface area contributed by atoms with Crippen molar-refractivity contribution in [3.05, 3.63) is 47.5 Å². The average Bonchev–Trinajstić information content (AvgIpc) is 3.21. The molecule has 0 aromatic heterocycles. The number of nitrogens with one attached hydrogen (secondary N) is 1. The molecule has 2 heterocycles. The van der Waals surface area contributed by atoms with Crippen LogP contribution in [0, 0.1) is 0 Å². The Labute approximate surface area is 189 Å². The van der Waals surface area contributed by atoms with Crippen LogP contribution in [0.5, 0.6) is 11.5 Å². The summed E-state index contributed by atoms with van der Waals surface area (Å²) in [6.45, 7) is 0.421. The average molecular weight is 459 g/mol. The van der Waals surface area contributed by atoms with Crippen LogP contribution in [0.3, 0.4) is 0 Å². The van der Waals surface area contributed by atoms with Gasteiger partial charge >= 0.3 is 11.8 Å². The number of fused-ring (bicyclic) bond motifs is 1. The highest BCUT2D eigenvalue weighted by Crippen LogP contribution is 2.29. The van der Waals surface area contributed by atoms with Crippen LogP contribution in [0.1, 0.15) is 0 Å². The molecule has 2 aromatic rings. The minimum atomic E-state index is -0.856. The van der Waals surface area contributed by atoms with Crippen molar-refractivity contribution in [3.8, 4) is 11.5 Å². The molecule has 2 aromatic carbocycles. The summed E-state index contributed by atoms with van der Waals surface area (Å²) >= 11 is 5.99. The number of carbonyl (C=O) groups is 3. The van der Waals surface area contributed by atoms with Crippen molar-refractivity contribution in [3.63, 3.8) is 0 Å². The van der Waals surface area contributed by atoms with Gasteiger partial charge in [0.05, 0.1) is 19.9 Å². The van der Waals surface area contributed by atoms with E-state index in [0.717, 1.165) is 10.4 Å². The Morgan fingerprint density at radius 2 is 1.84 bits per heavy atom. The van der Waals surface area contributed by atoms with Gasteiger partial charge in [0, 0.05) is 28.9 Å². The molecule has 0 spiro atoms. The lowest BCUT2D eigenvalue weighted by Gasteiger charge is -2.27. The van der Waals surface area contributed by atoms with Gasteiger partial charge in [-0.05, 0) is 47.2 Å². The molecular formula is C21H21ClN5O5+. The van der Waals surface area contributed by atoms with Crippen LogP contribution < -0.4 is 19.7 Å². The van der Waals surface area contributed by atoms with Gasteiger partial charge in [-0.3, -0.25) is 14.5 Å². The molecule has 1 atom stereocenters. The van der Waals surface area contributed by atoms with Gasteiger partial charge in [-0.2, -0.15) is 0 Å². The second kappa shape index (κ2) is 8.83. The third-order valence-corrected chi connectivity index (χ3v) is 5.43. The number of ether oxygens (including phenoxy) is 2. The first-order valence-corrected chi connectivity index (χ1v) is 10.2. The van der Waals surface area contributed by atoms with Crippen LogP contribution >= 0.6 is 11.6 Å². The summed E-state index contributed by atoms with van der Waals surface area (Å²) in [6, 6.07) is 12.1. The van der Waals surface area contributed by atoms with Crippen molar-refractivity contribution < 1.29 is 28.6 Å². The first-order valence-electron chi connectivity index (χ1n) is 9.78. The molecule has 1 saturated heterocycles. The quantitative estimate of drug-likeness (QED) is 0.524. The normalized spacial score (nSPS) is 17.7. The van der Waals surface area contributed by atoms with Gasteiger partial charge in [-0.1, -0.05) is 11.6 Å². The van der Waals surface area contributed by atoms with Crippen molar-refractivity contribution in [2.24, 2.45) is 5.11 Å². The molecule has 166 valence electrons. The lowest BCUT2D eigenvalue weighted by Crippen LogP contribution is -2.52. The van der Waals surface area contributed by atoms with Crippen molar-refractivity contribution >= 4 is 40.7 Å². The summed E-state index contributed by atoms with van der Waals surface area (Å²) in [7, 11) is 3.04. The Morgan fingerprint density at radius 3 is 2.53 bits per heavy atom. The van der Waals surface area contributed by atoms with Crippen LogP contribution in [0.15, 0.2) is 47.6 Å². The summed E-state index contributed by atoms with van der Waals surface area (Å²) in [5, 5.41) is 7.44. The van der Waals surface area contributed by atoms with Crippen molar-refractivity contribution in [2.45, 2.75) is 6.29 Å². The SMILES string of the molecule is COc1ccc(N2CCN3C(=O)C(=O)[N+](CC(=O)Nc4cc(Cl)ccc4OC)=NC32)cc1. The van der Waals surface area contributed by atoms with Crippen LogP contribution in [0.25, 0.3) is 0 Å². The zero-order chi connectivity index (χ0) is 22.8. The molecule has 1 N–H and O–H groups in total. The molecule has 10 nitrogen and oxygen atoms in total. The fraction of sp³-hybridized carbons (Fsp3) is 0.286. The molecule has 2 aliphatic rings. The van der Waals surface area contributed by atoms with E-state index in [4.69, 9.17) is 21.1 Å². The van der Waals surface area contributed by atoms with E-state index in [1.807, 2.05) is 17.0 Å². The number of azo groups is 2. The maximum Gasteiger partial charge on any atom is 0.502 e. The summed E-state index contributed by atoms with van der Waals surface area (Å²) < 4.78 is 11.3. The van der Waals surface area contributed by atoms with Gasteiger partial charge in [0.2, 0.25) is 0 Å². The minimum Gasteiger partial charge on any atom is -0.497 e. The summed E-state index contributed by atoms with van der Waals surface area (Å²) in [5.74, 6) is -0.988. The molecule has 1 fully saturated rings. The summed E-state index contributed by atoms with van der Waals surface area (Å²) in [5.41, 5.74) is 1.17. The van der Waals surface area contributed by atoms with Crippen molar-refractivity contribution in [2.75, 3.05) is 44.1 Å². The van der Waals surface area contributed by atoms with Crippen LogP contribution in [0.2, 0.25) is 5.02 Å². The number of methoxy groups -OCH3 is 2. The van der Waals surface area contributed by atoms with Crippen LogP contribution in [-0.2, 0) is 14.4 Å². The summed E-state index contributed by atoms with van der Waals surface area (Å²) in [4.78, 5) is 41.1. The highest BCUT2D eigenvalue weighted by atomic mass is 35.5. The number of anilines is 2. The predicted molar refractivity (Wildman–Crippen MR) is 115 cm³/mol. The van der Waals surface area contributed by atoms with E-state index in [-0.39, 0.29) is 0 Å². The molecule has 32 heavy (non-hydrogen) atoms. The van der Waals surface area contributed by atoms with Gasteiger partial charge in [-0.15, -0.1) is 0 Å². The Balaban J connectivity index is 1.55. The number of hydrogen-bond acceptors (Lipinski definition) is 7. The van der Waals surface area contributed by atoms with Crippen molar-refractivity contribution in [1.29, 1.82) is 0 Å². The monoisotopic (exact) mass is 458 g/mol. The number of benzene rings is 2. The molecule has 0 saturated carbocycles. The fourth-order valence-corrected chi connectivity index (χ4v) is 3.78. The Kier molecular flexibility index (Phi) is 5.95. The standard InChI is InChI=1S/C21H20ClN5O5/c1-31-15-6-4-14(5-7-15)25-9-10-26-19(29)20(30)27(24-21(25)26)12-18(28)23-16-11-13(22)3-8-17(16)32-2/h3-8,11,21H,9-10,12H2,1-2H3/p+1.